The molecule has 1 aromatic carbocycles. The van der Waals surface area contributed by atoms with Gasteiger partial charge in [-0.05, 0) is 31.7 Å². The Morgan fingerprint density at radius 1 is 1.26 bits per heavy atom. The number of rotatable bonds is 6. The molecule has 3 rings (SSSR count). The monoisotopic (exact) mass is 255 g/mol. The second-order valence-corrected chi connectivity index (χ2v) is 5.34. The van der Waals surface area contributed by atoms with E-state index in [-0.39, 0.29) is 0 Å². The lowest BCUT2D eigenvalue weighted by molar-refractivity contribution is 0.595. The molecule has 0 amide bonds. The molecular weight excluding hydrogens is 234 g/mol. The van der Waals surface area contributed by atoms with Gasteiger partial charge < -0.3 is 9.88 Å². The molecule has 2 aromatic rings. The molecule has 0 radical (unpaired) electrons. The number of hydrogen-bond acceptors (Lipinski definition) is 2. The van der Waals surface area contributed by atoms with Gasteiger partial charge in [0, 0.05) is 25.3 Å². The van der Waals surface area contributed by atoms with Gasteiger partial charge in [0.05, 0.1) is 5.69 Å². The Bertz CT molecular complexity index is 526. The van der Waals surface area contributed by atoms with E-state index in [0.29, 0.717) is 0 Å². The third-order valence-corrected chi connectivity index (χ3v) is 3.75. The standard InChI is InChI=1S/C16H21N3/c1-13-17-11-16(12-18-15-7-8-15)19(13)10-9-14-5-3-2-4-6-14/h2-6,11,15,18H,7-10,12H2,1H3. The minimum atomic E-state index is 0.748. The van der Waals surface area contributed by atoms with Crippen molar-refractivity contribution in [1.29, 1.82) is 0 Å². The predicted octanol–water partition coefficient (Wildman–Crippen LogP) is 2.69. The van der Waals surface area contributed by atoms with Gasteiger partial charge in [0.1, 0.15) is 5.82 Å². The molecule has 0 spiro atoms. The van der Waals surface area contributed by atoms with Gasteiger partial charge in [-0.25, -0.2) is 4.98 Å². The third kappa shape index (κ3) is 3.24. The van der Waals surface area contributed by atoms with Crippen molar-refractivity contribution in [3.63, 3.8) is 0 Å². The number of imidazole rings is 1. The molecule has 19 heavy (non-hydrogen) atoms. The van der Waals surface area contributed by atoms with E-state index < -0.39 is 0 Å². The molecule has 100 valence electrons. The summed E-state index contributed by atoms with van der Waals surface area (Å²) in [5.74, 6) is 1.11. The first-order chi connectivity index (χ1) is 9.33. The van der Waals surface area contributed by atoms with Crippen molar-refractivity contribution in [2.75, 3.05) is 0 Å². The number of nitrogens with one attached hydrogen (secondary N) is 1. The van der Waals surface area contributed by atoms with E-state index in [2.05, 4.69) is 52.1 Å². The first-order valence-corrected chi connectivity index (χ1v) is 7.11. The summed E-state index contributed by atoms with van der Waals surface area (Å²) in [5.41, 5.74) is 2.69. The lowest BCUT2D eigenvalue weighted by atomic mass is 10.1. The quantitative estimate of drug-likeness (QED) is 0.860. The Balaban J connectivity index is 1.63. The van der Waals surface area contributed by atoms with Crippen molar-refractivity contribution >= 4 is 0 Å². The first kappa shape index (κ1) is 12.4. The highest BCUT2D eigenvalue weighted by Gasteiger charge is 2.20. The van der Waals surface area contributed by atoms with Crippen molar-refractivity contribution in [3.8, 4) is 0 Å². The maximum Gasteiger partial charge on any atom is 0.105 e. The van der Waals surface area contributed by atoms with E-state index in [9.17, 15) is 0 Å². The molecule has 1 fully saturated rings. The smallest absolute Gasteiger partial charge is 0.105 e. The molecule has 0 unspecified atom stereocenters. The second kappa shape index (κ2) is 5.57. The molecule has 0 aliphatic heterocycles. The van der Waals surface area contributed by atoms with Gasteiger partial charge in [0.2, 0.25) is 0 Å². The van der Waals surface area contributed by atoms with Gasteiger partial charge in [0.25, 0.3) is 0 Å². The van der Waals surface area contributed by atoms with Crippen LogP contribution in [0.2, 0.25) is 0 Å². The number of hydrogen-bond donors (Lipinski definition) is 1. The summed E-state index contributed by atoms with van der Waals surface area (Å²) in [6.45, 7) is 4.05. The number of aryl methyl sites for hydroxylation is 2. The highest BCUT2D eigenvalue weighted by molar-refractivity contribution is 5.15. The van der Waals surface area contributed by atoms with E-state index >= 15 is 0 Å². The molecule has 3 nitrogen and oxygen atoms in total. The molecule has 0 bridgehead atoms. The molecule has 1 aliphatic rings. The highest BCUT2D eigenvalue weighted by Crippen LogP contribution is 2.19. The van der Waals surface area contributed by atoms with E-state index in [4.69, 9.17) is 0 Å². The third-order valence-electron chi connectivity index (χ3n) is 3.75. The topological polar surface area (TPSA) is 29.9 Å². The van der Waals surface area contributed by atoms with Crippen LogP contribution in [0.15, 0.2) is 36.5 Å². The fourth-order valence-corrected chi connectivity index (χ4v) is 2.38. The second-order valence-electron chi connectivity index (χ2n) is 5.34. The molecule has 1 heterocycles. The molecule has 0 saturated heterocycles. The maximum atomic E-state index is 4.45. The zero-order valence-electron chi connectivity index (χ0n) is 11.5. The van der Waals surface area contributed by atoms with Gasteiger partial charge in [-0.1, -0.05) is 30.3 Å². The average Bonchev–Trinajstić information content (AvgIpc) is 3.20. The fraction of sp³-hybridized carbons (Fsp3) is 0.438. The number of nitrogens with zero attached hydrogens (tertiary/aromatic N) is 2. The lowest BCUT2D eigenvalue weighted by Crippen LogP contribution is -2.19. The minimum Gasteiger partial charge on any atom is -0.331 e. The van der Waals surface area contributed by atoms with E-state index in [0.717, 1.165) is 31.4 Å². The molecule has 3 heteroatoms. The van der Waals surface area contributed by atoms with E-state index in [1.165, 1.54) is 24.1 Å². The Morgan fingerprint density at radius 2 is 2.05 bits per heavy atom. The van der Waals surface area contributed by atoms with Crippen molar-refractivity contribution in [3.05, 3.63) is 53.6 Å². The average molecular weight is 255 g/mol. The zero-order chi connectivity index (χ0) is 13.1. The predicted molar refractivity (Wildman–Crippen MR) is 77.0 cm³/mol. The lowest BCUT2D eigenvalue weighted by Gasteiger charge is -2.11. The summed E-state index contributed by atoms with van der Waals surface area (Å²) >= 11 is 0. The number of aromatic nitrogens is 2. The Kier molecular flexibility index (Phi) is 3.65. The first-order valence-electron chi connectivity index (χ1n) is 7.11. The molecule has 1 N–H and O–H groups in total. The molecule has 0 atom stereocenters. The van der Waals surface area contributed by atoms with Crippen LogP contribution in [0, 0.1) is 6.92 Å². The number of benzene rings is 1. The maximum absolute atomic E-state index is 4.45. The molecule has 1 aliphatic carbocycles. The van der Waals surface area contributed by atoms with Crippen LogP contribution in [0.1, 0.15) is 29.9 Å². The van der Waals surface area contributed by atoms with Crippen LogP contribution >= 0.6 is 0 Å². The SMILES string of the molecule is Cc1ncc(CNC2CC2)n1CCc1ccccc1. The van der Waals surface area contributed by atoms with E-state index in [1.807, 2.05) is 6.20 Å². The van der Waals surface area contributed by atoms with Crippen LogP contribution in [-0.4, -0.2) is 15.6 Å². The van der Waals surface area contributed by atoms with Crippen molar-refractivity contribution in [1.82, 2.24) is 14.9 Å². The Labute approximate surface area is 114 Å². The van der Waals surface area contributed by atoms with Crippen molar-refractivity contribution in [2.24, 2.45) is 0 Å². The molecule has 1 aromatic heterocycles. The van der Waals surface area contributed by atoms with E-state index in [1.54, 1.807) is 0 Å². The van der Waals surface area contributed by atoms with Crippen LogP contribution < -0.4 is 5.32 Å². The molecular formula is C16H21N3. The van der Waals surface area contributed by atoms with Crippen LogP contribution in [-0.2, 0) is 19.5 Å². The van der Waals surface area contributed by atoms with Crippen LogP contribution in [0.25, 0.3) is 0 Å². The summed E-state index contributed by atoms with van der Waals surface area (Å²) in [6.07, 6.45) is 5.73. The zero-order valence-corrected chi connectivity index (χ0v) is 11.5. The Morgan fingerprint density at radius 3 is 2.79 bits per heavy atom. The van der Waals surface area contributed by atoms with Gasteiger partial charge in [-0.3, -0.25) is 0 Å². The summed E-state index contributed by atoms with van der Waals surface area (Å²) in [5, 5.41) is 3.56. The van der Waals surface area contributed by atoms with Crippen LogP contribution in [0.5, 0.6) is 0 Å². The largest absolute Gasteiger partial charge is 0.331 e. The highest BCUT2D eigenvalue weighted by atomic mass is 15.1. The summed E-state index contributed by atoms with van der Waals surface area (Å²) in [7, 11) is 0. The van der Waals surface area contributed by atoms with Crippen molar-refractivity contribution in [2.45, 2.75) is 45.3 Å². The van der Waals surface area contributed by atoms with Crippen molar-refractivity contribution < 1.29 is 0 Å². The van der Waals surface area contributed by atoms with Crippen LogP contribution in [0.3, 0.4) is 0 Å². The normalized spacial score (nSPS) is 14.8. The van der Waals surface area contributed by atoms with Gasteiger partial charge in [-0.2, -0.15) is 0 Å². The fourth-order valence-electron chi connectivity index (χ4n) is 2.38. The summed E-state index contributed by atoms with van der Waals surface area (Å²) < 4.78 is 2.34. The van der Waals surface area contributed by atoms with Crippen LogP contribution in [0.4, 0.5) is 0 Å². The van der Waals surface area contributed by atoms with Gasteiger partial charge in [-0.15, -0.1) is 0 Å². The van der Waals surface area contributed by atoms with Gasteiger partial charge in [0.15, 0.2) is 0 Å². The van der Waals surface area contributed by atoms with Gasteiger partial charge >= 0.3 is 0 Å². The minimum absolute atomic E-state index is 0.748. The Hall–Kier alpha value is -1.61. The summed E-state index contributed by atoms with van der Waals surface area (Å²) in [4.78, 5) is 4.45. The molecule has 1 saturated carbocycles. The summed E-state index contributed by atoms with van der Waals surface area (Å²) in [6, 6.07) is 11.4.